The maximum Gasteiger partial charge on any atom is 0.325 e. The van der Waals surface area contributed by atoms with Gasteiger partial charge in [-0.05, 0) is 6.42 Å². The minimum Gasteiger partial charge on any atom is -0.351 e. The van der Waals surface area contributed by atoms with E-state index in [0.717, 1.165) is 0 Å². The number of nitrogens with zero attached hydrogens (tertiary/aromatic N) is 2. The van der Waals surface area contributed by atoms with E-state index in [1.807, 2.05) is 6.07 Å². The van der Waals surface area contributed by atoms with Crippen molar-refractivity contribution < 1.29 is 9.53 Å². The Morgan fingerprint density at radius 3 is 2.64 bits per heavy atom. The maximum absolute atomic E-state index is 10.8. The van der Waals surface area contributed by atoms with Gasteiger partial charge < -0.3 is 4.74 Å². The van der Waals surface area contributed by atoms with Gasteiger partial charge in [-0.1, -0.05) is 6.92 Å². The topological polar surface area (TPSA) is 73.9 Å². The molecule has 0 aliphatic heterocycles. The monoisotopic (exact) mass is 152 g/mol. The van der Waals surface area contributed by atoms with Crippen LogP contribution >= 0.6 is 0 Å². The third-order valence-electron chi connectivity index (χ3n) is 1.31. The highest BCUT2D eigenvalue weighted by Gasteiger charge is 2.17. The molecule has 0 fully saturated rings. The van der Waals surface area contributed by atoms with Crippen LogP contribution in [0.2, 0.25) is 0 Å². The van der Waals surface area contributed by atoms with E-state index in [0.29, 0.717) is 6.42 Å². The molecular formula is C7H8N2O2. The number of carbonyl (C=O) groups excluding carboxylic acids is 1. The normalized spacial score (nSPS) is 10.8. The van der Waals surface area contributed by atoms with Crippen molar-refractivity contribution in [2.24, 2.45) is 5.92 Å². The summed E-state index contributed by atoms with van der Waals surface area (Å²) in [5, 5.41) is 16.2. The molecule has 0 radical (unpaired) electrons. The molecule has 1 atom stereocenters. The fraction of sp³-hybridized carbons (Fsp3) is 0.571. The van der Waals surface area contributed by atoms with Crippen LogP contribution in [-0.4, -0.2) is 5.97 Å². The van der Waals surface area contributed by atoms with Crippen LogP contribution in [0.15, 0.2) is 0 Å². The second-order valence-electron chi connectivity index (χ2n) is 1.98. The lowest BCUT2D eigenvalue weighted by Gasteiger charge is -2.03. The first kappa shape index (κ1) is 9.45. The van der Waals surface area contributed by atoms with Crippen LogP contribution < -0.4 is 0 Å². The van der Waals surface area contributed by atoms with Crippen LogP contribution in [0.5, 0.6) is 0 Å². The molecule has 0 N–H and O–H groups in total. The molecular weight excluding hydrogens is 144 g/mol. The van der Waals surface area contributed by atoms with Gasteiger partial charge in [-0.15, -0.1) is 5.26 Å². The van der Waals surface area contributed by atoms with Gasteiger partial charge in [-0.3, -0.25) is 4.79 Å². The molecule has 0 aromatic rings. The van der Waals surface area contributed by atoms with E-state index >= 15 is 0 Å². The van der Waals surface area contributed by atoms with Gasteiger partial charge in [-0.25, -0.2) is 0 Å². The standard InChI is InChI=1S/C7H8N2O2/c1-2-6(3-4-8)7(10)11-5-9/h6H,2-3H2,1H3. The van der Waals surface area contributed by atoms with Gasteiger partial charge in [0.1, 0.15) is 0 Å². The molecule has 0 amide bonds. The number of ether oxygens (including phenoxy) is 1. The van der Waals surface area contributed by atoms with Crippen molar-refractivity contribution >= 4 is 5.97 Å². The largest absolute Gasteiger partial charge is 0.351 e. The molecule has 0 bridgehead atoms. The molecule has 0 heterocycles. The van der Waals surface area contributed by atoms with E-state index < -0.39 is 11.9 Å². The molecule has 0 rings (SSSR count). The molecule has 4 heteroatoms. The van der Waals surface area contributed by atoms with Gasteiger partial charge >= 0.3 is 5.97 Å². The number of hydrogen-bond donors (Lipinski definition) is 0. The van der Waals surface area contributed by atoms with Crippen molar-refractivity contribution in [2.75, 3.05) is 0 Å². The highest BCUT2D eigenvalue weighted by molar-refractivity contribution is 5.73. The maximum atomic E-state index is 10.8. The van der Waals surface area contributed by atoms with E-state index in [4.69, 9.17) is 10.5 Å². The van der Waals surface area contributed by atoms with E-state index in [1.165, 1.54) is 6.26 Å². The Labute approximate surface area is 65.0 Å². The zero-order valence-electron chi connectivity index (χ0n) is 6.20. The summed E-state index contributed by atoms with van der Waals surface area (Å²) in [7, 11) is 0. The van der Waals surface area contributed by atoms with Gasteiger partial charge in [0.05, 0.1) is 12.0 Å². The molecule has 0 spiro atoms. The van der Waals surface area contributed by atoms with Crippen molar-refractivity contribution in [3.63, 3.8) is 0 Å². The Bertz CT molecular complexity index is 211. The third kappa shape index (κ3) is 3.22. The van der Waals surface area contributed by atoms with Crippen LogP contribution in [0, 0.1) is 28.8 Å². The Morgan fingerprint density at radius 2 is 2.27 bits per heavy atom. The summed E-state index contributed by atoms with van der Waals surface area (Å²) in [6.45, 7) is 1.76. The minimum absolute atomic E-state index is 0.108. The summed E-state index contributed by atoms with van der Waals surface area (Å²) in [5.41, 5.74) is 0. The molecule has 0 aromatic carbocycles. The van der Waals surface area contributed by atoms with E-state index in [1.54, 1.807) is 6.92 Å². The third-order valence-corrected chi connectivity index (χ3v) is 1.31. The van der Waals surface area contributed by atoms with Crippen LogP contribution in [0.1, 0.15) is 19.8 Å². The first-order valence-corrected chi connectivity index (χ1v) is 3.23. The summed E-state index contributed by atoms with van der Waals surface area (Å²) >= 11 is 0. The van der Waals surface area contributed by atoms with Crippen LogP contribution in [0.25, 0.3) is 0 Å². The average Bonchev–Trinajstić information content (AvgIpc) is 2.00. The molecule has 11 heavy (non-hydrogen) atoms. The van der Waals surface area contributed by atoms with Crippen molar-refractivity contribution in [2.45, 2.75) is 19.8 Å². The zero-order chi connectivity index (χ0) is 8.69. The highest BCUT2D eigenvalue weighted by Crippen LogP contribution is 2.08. The Balaban J connectivity index is 3.96. The lowest BCUT2D eigenvalue weighted by molar-refractivity contribution is -0.141. The van der Waals surface area contributed by atoms with E-state index in [9.17, 15) is 4.79 Å². The number of nitriles is 2. The predicted molar refractivity (Wildman–Crippen MR) is 35.7 cm³/mol. The first-order valence-electron chi connectivity index (χ1n) is 3.23. The summed E-state index contributed by atoms with van der Waals surface area (Å²) in [5.74, 6) is -1.07. The highest BCUT2D eigenvalue weighted by atomic mass is 16.5. The summed E-state index contributed by atoms with van der Waals surface area (Å²) in [6, 6.07) is 1.85. The summed E-state index contributed by atoms with van der Waals surface area (Å²) in [6.07, 6.45) is 1.91. The van der Waals surface area contributed by atoms with Gasteiger partial charge in [0.2, 0.25) is 0 Å². The first-order chi connectivity index (χ1) is 5.26. The quantitative estimate of drug-likeness (QED) is 0.445. The lowest BCUT2D eigenvalue weighted by atomic mass is 10.0. The zero-order valence-corrected chi connectivity index (χ0v) is 6.20. The smallest absolute Gasteiger partial charge is 0.325 e. The Hall–Kier alpha value is -1.55. The number of carbonyl (C=O) groups is 1. The number of hydrogen-bond acceptors (Lipinski definition) is 4. The van der Waals surface area contributed by atoms with Crippen LogP contribution in [-0.2, 0) is 9.53 Å². The minimum atomic E-state index is -0.614. The van der Waals surface area contributed by atoms with E-state index in [2.05, 4.69) is 4.74 Å². The van der Waals surface area contributed by atoms with Crippen LogP contribution in [0.3, 0.4) is 0 Å². The van der Waals surface area contributed by atoms with Crippen LogP contribution in [0.4, 0.5) is 0 Å². The van der Waals surface area contributed by atoms with Crippen molar-refractivity contribution in [3.05, 3.63) is 0 Å². The fourth-order valence-corrected chi connectivity index (χ4v) is 0.633. The second kappa shape index (κ2) is 5.25. The summed E-state index contributed by atoms with van der Waals surface area (Å²) < 4.78 is 4.06. The van der Waals surface area contributed by atoms with Gasteiger partial charge in [0, 0.05) is 6.42 Å². The number of esters is 1. The molecule has 58 valence electrons. The second-order valence-corrected chi connectivity index (χ2v) is 1.98. The lowest BCUT2D eigenvalue weighted by Crippen LogP contribution is -2.14. The molecule has 0 saturated carbocycles. The molecule has 0 aromatic heterocycles. The molecule has 0 aliphatic carbocycles. The Morgan fingerprint density at radius 1 is 1.64 bits per heavy atom. The Kier molecular flexibility index (Phi) is 4.51. The van der Waals surface area contributed by atoms with Gasteiger partial charge in [0.15, 0.2) is 0 Å². The SMILES string of the molecule is CCC(CC#N)C(=O)OC#N. The predicted octanol–water partition coefficient (Wildman–Crippen LogP) is 0.951. The summed E-state index contributed by atoms with van der Waals surface area (Å²) in [4.78, 5) is 10.8. The van der Waals surface area contributed by atoms with Crippen molar-refractivity contribution in [1.29, 1.82) is 10.5 Å². The molecule has 4 nitrogen and oxygen atoms in total. The van der Waals surface area contributed by atoms with Crippen molar-refractivity contribution in [3.8, 4) is 12.3 Å². The average molecular weight is 152 g/mol. The fourth-order valence-electron chi connectivity index (χ4n) is 0.633. The molecule has 0 saturated heterocycles. The molecule has 1 unspecified atom stereocenters. The van der Waals surface area contributed by atoms with Crippen molar-refractivity contribution in [1.82, 2.24) is 0 Å². The van der Waals surface area contributed by atoms with E-state index in [-0.39, 0.29) is 6.42 Å². The number of rotatable bonds is 3. The van der Waals surface area contributed by atoms with Gasteiger partial charge in [-0.2, -0.15) is 5.26 Å². The molecule has 0 aliphatic rings. The van der Waals surface area contributed by atoms with Gasteiger partial charge in [0.25, 0.3) is 6.26 Å².